The molecule has 0 radical (unpaired) electrons. The molecule has 0 aromatic heterocycles. The monoisotopic (exact) mass is 228 g/mol. The van der Waals surface area contributed by atoms with Crippen LogP contribution in [0.1, 0.15) is 12.8 Å². The van der Waals surface area contributed by atoms with Crippen molar-refractivity contribution in [1.29, 1.82) is 0 Å². The summed E-state index contributed by atoms with van der Waals surface area (Å²) in [5.74, 6) is 1.68. The largest absolute Gasteiger partial charge is 0.306 e. The molecule has 15 heavy (non-hydrogen) atoms. The summed E-state index contributed by atoms with van der Waals surface area (Å²) >= 11 is 4.24. The Balaban J connectivity index is 2.20. The summed E-state index contributed by atoms with van der Waals surface area (Å²) in [5.41, 5.74) is 1.22. The van der Waals surface area contributed by atoms with Crippen LogP contribution in [0, 0.1) is 5.92 Å². The minimum Gasteiger partial charge on any atom is -0.306 e. The van der Waals surface area contributed by atoms with Crippen LogP contribution < -0.4 is 0 Å². The molecular weight excluding hydrogens is 204 g/mol. The number of hydrogen-bond acceptors (Lipinski definition) is 3. The van der Waals surface area contributed by atoms with E-state index in [1.54, 1.807) is 0 Å². The van der Waals surface area contributed by atoms with Gasteiger partial charge in [-0.05, 0) is 45.9 Å². The fourth-order valence-electron chi connectivity index (χ4n) is 2.18. The van der Waals surface area contributed by atoms with E-state index in [4.69, 9.17) is 0 Å². The van der Waals surface area contributed by atoms with Crippen LogP contribution in [0.3, 0.4) is 0 Å². The van der Waals surface area contributed by atoms with Crippen LogP contribution in [0.2, 0.25) is 0 Å². The first-order valence-corrected chi connectivity index (χ1v) is 6.39. The minimum absolute atomic E-state index is 0.803. The van der Waals surface area contributed by atoms with Crippen LogP contribution in [-0.4, -0.2) is 55.8 Å². The van der Waals surface area contributed by atoms with Gasteiger partial charge >= 0.3 is 0 Å². The van der Waals surface area contributed by atoms with Crippen LogP contribution in [0.4, 0.5) is 0 Å². The SMILES string of the molecule is C=C(CS)CN(C)CC1CCN(C)CC1. The van der Waals surface area contributed by atoms with E-state index in [2.05, 4.69) is 43.1 Å². The van der Waals surface area contributed by atoms with Crippen molar-refractivity contribution in [1.82, 2.24) is 9.80 Å². The first-order valence-electron chi connectivity index (χ1n) is 5.76. The van der Waals surface area contributed by atoms with Gasteiger partial charge in [-0.2, -0.15) is 12.6 Å². The molecule has 0 unspecified atom stereocenters. The molecule has 0 aliphatic carbocycles. The molecular formula is C12H24N2S. The molecule has 1 rings (SSSR count). The predicted octanol–water partition coefficient (Wildman–Crippen LogP) is 1.75. The number of nitrogens with zero attached hydrogens (tertiary/aromatic N) is 2. The lowest BCUT2D eigenvalue weighted by atomic mass is 9.96. The van der Waals surface area contributed by atoms with Crippen molar-refractivity contribution in [2.75, 3.05) is 46.0 Å². The van der Waals surface area contributed by atoms with E-state index in [-0.39, 0.29) is 0 Å². The Kier molecular flexibility index (Phi) is 5.72. The molecule has 0 aromatic carbocycles. The molecule has 0 atom stereocenters. The lowest BCUT2D eigenvalue weighted by molar-refractivity contribution is 0.181. The quantitative estimate of drug-likeness (QED) is 0.566. The molecule has 0 bridgehead atoms. The van der Waals surface area contributed by atoms with Crippen molar-refractivity contribution in [3.63, 3.8) is 0 Å². The Hall–Kier alpha value is 0.01000. The highest BCUT2D eigenvalue weighted by Crippen LogP contribution is 2.17. The Morgan fingerprint density at radius 3 is 2.60 bits per heavy atom. The van der Waals surface area contributed by atoms with Gasteiger partial charge in [0.1, 0.15) is 0 Å². The van der Waals surface area contributed by atoms with Crippen LogP contribution in [-0.2, 0) is 0 Å². The van der Waals surface area contributed by atoms with Gasteiger partial charge < -0.3 is 9.80 Å². The van der Waals surface area contributed by atoms with Crippen molar-refractivity contribution in [2.24, 2.45) is 5.92 Å². The summed E-state index contributed by atoms with van der Waals surface area (Å²) in [6, 6.07) is 0. The third-order valence-corrected chi connectivity index (χ3v) is 3.57. The predicted molar refractivity (Wildman–Crippen MR) is 70.7 cm³/mol. The summed E-state index contributed by atoms with van der Waals surface area (Å²) in [4.78, 5) is 4.80. The van der Waals surface area contributed by atoms with Gasteiger partial charge in [-0.15, -0.1) is 0 Å². The third kappa shape index (κ3) is 5.05. The van der Waals surface area contributed by atoms with E-state index < -0.39 is 0 Å². The minimum atomic E-state index is 0.803. The lowest BCUT2D eigenvalue weighted by Gasteiger charge is -2.31. The molecule has 1 aliphatic rings. The Labute approximate surface area is 99.7 Å². The standard InChI is InChI=1S/C12H24N2S/c1-11(10-15)8-14(3)9-12-4-6-13(2)7-5-12/h12,15H,1,4-10H2,2-3H3. The second kappa shape index (κ2) is 6.56. The second-order valence-electron chi connectivity index (χ2n) is 4.85. The molecule has 0 N–H and O–H groups in total. The topological polar surface area (TPSA) is 6.48 Å². The molecule has 0 spiro atoms. The van der Waals surface area contributed by atoms with E-state index >= 15 is 0 Å². The van der Waals surface area contributed by atoms with Crippen molar-refractivity contribution in [3.05, 3.63) is 12.2 Å². The lowest BCUT2D eigenvalue weighted by Crippen LogP contribution is -2.36. The number of likely N-dealkylation sites (tertiary alicyclic amines) is 1. The van der Waals surface area contributed by atoms with Gasteiger partial charge in [0, 0.05) is 18.8 Å². The van der Waals surface area contributed by atoms with Gasteiger partial charge in [0.05, 0.1) is 0 Å². The first-order chi connectivity index (χ1) is 7.11. The Bertz CT molecular complexity index is 198. The zero-order chi connectivity index (χ0) is 11.3. The molecule has 1 fully saturated rings. The number of hydrogen-bond donors (Lipinski definition) is 1. The van der Waals surface area contributed by atoms with Crippen molar-refractivity contribution >= 4 is 12.6 Å². The average Bonchev–Trinajstić information content (AvgIpc) is 2.21. The maximum atomic E-state index is 4.24. The zero-order valence-corrected chi connectivity index (χ0v) is 11.0. The fraction of sp³-hybridized carbons (Fsp3) is 0.833. The highest BCUT2D eigenvalue weighted by atomic mass is 32.1. The summed E-state index contributed by atoms with van der Waals surface area (Å²) in [7, 11) is 4.40. The van der Waals surface area contributed by atoms with E-state index in [1.165, 1.54) is 38.0 Å². The molecule has 0 amide bonds. The summed E-state index contributed by atoms with van der Waals surface area (Å²) in [6.45, 7) is 8.71. The molecule has 0 saturated carbocycles. The van der Waals surface area contributed by atoms with E-state index in [9.17, 15) is 0 Å². The smallest absolute Gasteiger partial charge is 0.0195 e. The number of thiol groups is 1. The second-order valence-corrected chi connectivity index (χ2v) is 5.17. The highest BCUT2D eigenvalue weighted by molar-refractivity contribution is 7.80. The molecule has 3 heteroatoms. The van der Waals surface area contributed by atoms with E-state index in [0.29, 0.717) is 0 Å². The maximum absolute atomic E-state index is 4.24. The van der Waals surface area contributed by atoms with Crippen LogP contribution in [0.25, 0.3) is 0 Å². The summed E-state index contributed by atoms with van der Waals surface area (Å²) < 4.78 is 0. The average molecular weight is 228 g/mol. The maximum Gasteiger partial charge on any atom is 0.0195 e. The molecule has 88 valence electrons. The molecule has 1 aliphatic heterocycles. The summed E-state index contributed by atoms with van der Waals surface area (Å²) in [5, 5.41) is 0. The van der Waals surface area contributed by atoms with Gasteiger partial charge in [-0.25, -0.2) is 0 Å². The van der Waals surface area contributed by atoms with E-state index in [1.807, 2.05) is 0 Å². The molecule has 2 nitrogen and oxygen atoms in total. The van der Waals surface area contributed by atoms with E-state index in [0.717, 1.165) is 18.2 Å². The zero-order valence-electron chi connectivity index (χ0n) is 10.1. The van der Waals surface area contributed by atoms with Gasteiger partial charge in [-0.3, -0.25) is 0 Å². The van der Waals surface area contributed by atoms with Gasteiger partial charge in [-0.1, -0.05) is 12.2 Å². The Morgan fingerprint density at radius 1 is 1.47 bits per heavy atom. The van der Waals surface area contributed by atoms with Crippen LogP contribution in [0.5, 0.6) is 0 Å². The van der Waals surface area contributed by atoms with Crippen molar-refractivity contribution in [2.45, 2.75) is 12.8 Å². The van der Waals surface area contributed by atoms with Crippen LogP contribution >= 0.6 is 12.6 Å². The highest BCUT2D eigenvalue weighted by Gasteiger charge is 2.17. The number of rotatable bonds is 5. The summed E-state index contributed by atoms with van der Waals surface area (Å²) in [6.07, 6.45) is 2.68. The van der Waals surface area contributed by atoms with Gasteiger partial charge in [0.15, 0.2) is 0 Å². The molecule has 1 saturated heterocycles. The van der Waals surface area contributed by atoms with Crippen molar-refractivity contribution < 1.29 is 0 Å². The third-order valence-electron chi connectivity index (χ3n) is 3.13. The molecule has 1 heterocycles. The number of piperidine rings is 1. The first kappa shape index (κ1) is 13.1. The molecule has 0 aromatic rings. The van der Waals surface area contributed by atoms with Crippen molar-refractivity contribution in [3.8, 4) is 0 Å². The van der Waals surface area contributed by atoms with Gasteiger partial charge in [0.25, 0.3) is 0 Å². The number of likely N-dealkylation sites (N-methyl/N-ethyl adjacent to an activating group) is 1. The Morgan fingerprint density at radius 2 is 2.07 bits per heavy atom. The van der Waals surface area contributed by atoms with Crippen LogP contribution in [0.15, 0.2) is 12.2 Å². The normalized spacial score (nSPS) is 19.7. The fourth-order valence-corrected chi connectivity index (χ4v) is 2.28. The van der Waals surface area contributed by atoms with Gasteiger partial charge in [0.2, 0.25) is 0 Å².